The molecule has 96 valence electrons. The summed E-state index contributed by atoms with van der Waals surface area (Å²) in [7, 11) is 0. The van der Waals surface area contributed by atoms with Gasteiger partial charge in [0.05, 0.1) is 18.3 Å². The lowest BCUT2D eigenvalue weighted by atomic mass is 9.97. The van der Waals surface area contributed by atoms with E-state index in [1.54, 1.807) is 0 Å². The summed E-state index contributed by atoms with van der Waals surface area (Å²) in [5.41, 5.74) is -0.210. The van der Waals surface area contributed by atoms with Crippen LogP contribution in [0.4, 0.5) is 0 Å². The highest BCUT2D eigenvalue weighted by molar-refractivity contribution is 4.98. The second kappa shape index (κ2) is 5.03. The van der Waals surface area contributed by atoms with E-state index in [1.807, 2.05) is 0 Å². The summed E-state index contributed by atoms with van der Waals surface area (Å²) in [6.45, 7) is 10.7. The second-order valence-electron chi connectivity index (χ2n) is 6.33. The van der Waals surface area contributed by atoms with Gasteiger partial charge in [0.1, 0.15) is 0 Å². The molecule has 0 aromatic rings. The van der Waals surface area contributed by atoms with Crippen molar-refractivity contribution < 1.29 is 9.84 Å². The summed E-state index contributed by atoms with van der Waals surface area (Å²) in [6, 6.07) is 0.403. The highest BCUT2D eigenvalue weighted by Crippen LogP contribution is 2.34. The first-order valence-electron chi connectivity index (χ1n) is 6.33. The van der Waals surface area contributed by atoms with Gasteiger partial charge < -0.3 is 15.2 Å². The molecule has 0 aliphatic heterocycles. The van der Waals surface area contributed by atoms with Crippen molar-refractivity contribution in [2.45, 2.75) is 77.2 Å². The number of hydrogen-bond donors (Lipinski definition) is 2. The summed E-state index contributed by atoms with van der Waals surface area (Å²) in [5.74, 6) is 0. The van der Waals surface area contributed by atoms with E-state index in [0.29, 0.717) is 6.04 Å². The van der Waals surface area contributed by atoms with Crippen LogP contribution >= 0.6 is 0 Å². The van der Waals surface area contributed by atoms with Gasteiger partial charge in [-0.05, 0) is 40.0 Å². The first-order valence-corrected chi connectivity index (χ1v) is 6.33. The SMILES string of the molecule is CC(C)NC1(CO)CCC(OC(C)(C)C)C1. The molecule has 2 unspecified atom stereocenters. The first kappa shape index (κ1) is 13.9. The maximum absolute atomic E-state index is 9.56. The minimum absolute atomic E-state index is 0.0893. The molecule has 0 heterocycles. The molecule has 0 radical (unpaired) electrons. The van der Waals surface area contributed by atoms with Gasteiger partial charge in [-0.3, -0.25) is 0 Å². The Bertz CT molecular complexity index is 222. The fourth-order valence-electron chi connectivity index (χ4n) is 2.61. The monoisotopic (exact) mass is 229 g/mol. The van der Waals surface area contributed by atoms with Crippen LogP contribution < -0.4 is 5.32 Å². The molecule has 3 nitrogen and oxygen atoms in total. The topological polar surface area (TPSA) is 41.5 Å². The maximum Gasteiger partial charge on any atom is 0.0614 e. The van der Waals surface area contributed by atoms with Gasteiger partial charge in [-0.15, -0.1) is 0 Å². The minimum atomic E-state index is -0.121. The molecule has 3 heteroatoms. The fraction of sp³-hybridized carbons (Fsp3) is 1.00. The molecule has 1 aliphatic carbocycles. The van der Waals surface area contributed by atoms with E-state index in [0.717, 1.165) is 19.3 Å². The average molecular weight is 229 g/mol. The van der Waals surface area contributed by atoms with Crippen molar-refractivity contribution in [3.8, 4) is 0 Å². The maximum atomic E-state index is 9.56. The summed E-state index contributed by atoms with van der Waals surface area (Å²) in [5, 5.41) is 13.1. The van der Waals surface area contributed by atoms with Crippen LogP contribution in [0.5, 0.6) is 0 Å². The number of aliphatic hydroxyl groups is 1. The predicted molar refractivity (Wildman–Crippen MR) is 66.6 cm³/mol. The zero-order valence-electron chi connectivity index (χ0n) is 11.3. The van der Waals surface area contributed by atoms with Gasteiger partial charge in [0, 0.05) is 11.6 Å². The van der Waals surface area contributed by atoms with Crippen molar-refractivity contribution in [3.63, 3.8) is 0 Å². The Labute approximate surface area is 99.6 Å². The fourth-order valence-corrected chi connectivity index (χ4v) is 2.61. The van der Waals surface area contributed by atoms with Gasteiger partial charge in [0.15, 0.2) is 0 Å². The molecule has 1 saturated carbocycles. The van der Waals surface area contributed by atoms with Crippen LogP contribution in [-0.4, -0.2) is 35.0 Å². The Morgan fingerprint density at radius 1 is 1.44 bits per heavy atom. The van der Waals surface area contributed by atoms with Crippen molar-refractivity contribution in [2.75, 3.05) is 6.61 Å². The molecule has 0 aromatic heterocycles. The van der Waals surface area contributed by atoms with Crippen LogP contribution in [0.15, 0.2) is 0 Å². The number of aliphatic hydroxyl groups excluding tert-OH is 1. The van der Waals surface area contributed by atoms with E-state index < -0.39 is 0 Å². The van der Waals surface area contributed by atoms with Gasteiger partial charge in [-0.25, -0.2) is 0 Å². The third-order valence-electron chi connectivity index (χ3n) is 2.98. The smallest absolute Gasteiger partial charge is 0.0614 e. The van der Waals surface area contributed by atoms with Crippen molar-refractivity contribution in [2.24, 2.45) is 0 Å². The van der Waals surface area contributed by atoms with Gasteiger partial charge in [-0.2, -0.15) is 0 Å². The zero-order valence-corrected chi connectivity index (χ0v) is 11.3. The van der Waals surface area contributed by atoms with Crippen LogP contribution in [0.25, 0.3) is 0 Å². The van der Waals surface area contributed by atoms with E-state index in [2.05, 4.69) is 39.9 Å². The Morgan fingerprint density at radius 2 is 2.06 bits per heavy atom. The van der Waals surface area contributed by atoms with Gasteiger partial charge >= 0.3 is 0 Å². The quantitative estimate of drug-likeness (QED) is 0.775. The zero-order chi connectivity index (χ0) is 12.4. The van der Waals surface area contributed by atoms with E-state index in [9.17, 15) is 5.11 Å². The number of hydrogen-bond acceptors (Lipinski definition) is 3. The predicted octanol–water partition coefficient (Wildman–Crippen LogP) is 2.08. The van der Waals surface area contributed by atoms with Crippen molar-refractivity contribution in [1.29, 1.82) is 0 Å². The Hall–Kier alpha value is -0.120. The molecule has 2 atom stereocenters. The highest BCUT2D eigenvalue weighted by Gasteiger charge is 2.40. The van der Waals surface area contributed by atoms with Crippen LogP contribution in [0, 0.1) is 0 Å². The summed E-state index contributed by atoms with van der Waals surface area (Å²) in [4.78, 5) is 0. The molecule has 1 rings (SSSR count). The first-order chi connectivity index (χ1) is 7.26. The summed E-state index contributed by atoms with van der Waals surface area (Å²) in [6.07, 6.45) is 3.23. The Kier molecular flexibility index (Phi) is 4.38. The molecule has 0 bridgehead atoms. The van der Waals surface area contributed by atoms with E-state index in [1.165, 1.54) is 0 Å². The number of nitrogens with one attached hydrogen (secondary N) is 1. The highest BCUT2D eigenvalue weighted by atomic mass is 16.5. The molecule has 1 fully saturated rings. The van der Waals surface area contributed by atoms with Gasteiger partial charge in [0.25, 0.3) is 0 Å². The molecule has 0 spiro atoms. The summed E-state index contributed by atoms with van der Waals surface area (Å²) >= 11 is 0. The lowest BCUT2D eigenvalue weighted by molar-refractivity contribution is -0.0602. The number of rotatable bonds is 4. The Balaban J connectivity index is 2.54. The standard InChI is InChI=1S/C13H27NO2/c1-10(2)14-13(9-15)7-6-11(8-13)16-12(3,4)5/h10-11,14-15H,6-9H2,1-5H3. The van der Waals surface area contributed by atoms with Crippen molar-refractivity contribution in [3.05, 3.63) is 0 Å². The lowest BCUT2D eigenvalue weighted by Crippen LogP contribution is -2.50. The summed E-state index contributed by atoms with van der Waals surface area (Å²) < 4.78 is 5.99. The van der Waals surface area contributed by atoms with Crippen LogP contribution in [0.1, 0.15) is 53.9 Å². The van der Waals surface area contributed by atoms with E-state index in [4.69, 9.17) is 4.74 Å². The van der Waals surface area contributed by atoms with Gasteiger partial charge in [-0.1, -0.05) is 13.8 Å². The van der Waals surface area contributed by atoms with Crippen LogP contribution in [-0.2, 0) is 4.74 Å². The van der Waals surface area contributed by atoms with Gasteiger partial charge in [0.2, 0.25) is 0 Å². The molecule has 0 aromatic carbocycles. The largest absolute Gasteiger partial charge is 0.394 e. The van der Waals surface area contributed by atoms with Crippen molar-refractivity contribution >= 4 is 0 Å². The third-order valence-corrected chi connectivity index (χ3v) is 2.98. The molecule has 2 N–H and O–H groups in total. The van der Waals surface area contributed by atoms with E-state index >= 15 is 0 Å². The molecule has 0 saturated heterocycles. The molecule has 16 heavy (non-hydrogen) atoms. The second-order valence-corrected chi connectivity index (χ2v) is 6.33. The molecular formula is C13H27NO2. The van der Waals surface area contributed by atoms with Crippen molar-refractivity contribution in [1.82, 2.24) is 5.32 Å². The molecule has 0 amide bonds. The van der Waals surface area contributed by atoms with Crippen LogP contribution in [0.2, 0.25) is 0 Å². The molecular weight excluding hydrogens is 202 g/mol. The van der Waals surface area contributed by atoms with E-state index in [-0.39, 0.29) is 23.9 Å². The molecule has 1 aliphatic rings. The van der Waals surface area contributed by atoms with Crippen LogP contribution in [0.3, 0.4) is 0 Å². The number of ether oxygens (including phenoxy) is 1. The average Bonchev–Trinajstić information content (AvgIpc) is 2.45. The Morgan fingerprint density at radius 3 is 2.50 bits per heavy atom. The minimum Gasteiger partial charge on any atom is -0.394 e. The third kappa shape index (κ3) is 4.04. The normalized spacial score (nSPS) is 31.3. The lowest BCUT2D eigenvalue weighted by Gasteiger charge is -2.32.